The Bertz CT molecular complexity index is 277. The van der Waals surface area contributed by atoms with Crippen LogP contribution >= 0.6 is 0 Å². The molecule has 0 radical (unpaired) electrons. The van der Waals surface area contributed by atoms with E-state index in [4.69, 9.17) is 0 Å². The summed E-state index contributed by atoms with van der Waals surface area (Å²) in [6, 6.07) is 0. The van der Waals surface area contributed by atoms with E-state index in [1.807, 2.05) is 0 Å². The average Bonchev–Trinajstić information content (AvgIpc) is 2.52. The third-order valence-corrected chi connectivity index (χ3v) is 4.37. The van der Waals surface area contributed by atoms with Gasteiger partial charge >= 0.3 is 5.97 Å². The van der Waals surface area contributed by atoms with Gasteiger partial charge in [-0.1, -0.05) is 64.7 Å². The summed E-state index contributed by atoms with van der Waals surface area (Å²) in [4.78, 5) is 10.9. The van der Waals surface area contributed by atoms with Gasteiger partial charge < -0.3 is 14.9 Å². The quantitative estimate of drug-likeness (QED) is 0.244. The molecular weight excluding hydrogens is 292 g/mol. The number of carbonyl (C=O) groups is 1. The molecule has 0 spiro atoms. The highest BCUT2D eigenvalue weighted by Gasteiger charge is 2.21. The fraction of sp³-hybridized carbons (Fsp3) is 0.947. The highest BCUT2D eigenvalue weighted by Crippen LogP contribution is 2.20. The topological polar surface area (TPSA) is 66.8 Å². The third-order valence-electron chi connectivity index (χ3n) is 4.37. The number of hydrogen-bond donors (Lipinski definition) is 2. The Morgan fingerprint density at radius 2 is 1.22 bits per heavy atom. The number of carbonyl (C=O) groups excluding carboxylic acids is 1. The van der Waals surface area contributed by atoms with Crippen molar-refractivity contribution in [1.29, 1.82) is 0 Å². The van der Waals surface area contributed by atoms with E-state index in [-0.39, 0.29) is 5.97 Å². The number of hydrogen-bond acceptors (Lipinski definition) is 4. The van der Waals surface area contributed by atoms with Gasteiger partial charge in [-0.15, -0.1) is 0 Å². The van der Waals surface area contributed by atoms with Crippen LogP contribution in [0.25, 0.3) is 0 Å². The zero-order valence-electron chi connectivity index (χ0n) is 15.3. The number of ether oxygens (including phenoxy) is 1. The standard InChI is InChI=1S/C19H38O4/c1-3-4-5-6-10-13-16-19(21,22)17-14-11-8-7-9-12-15-18(20)23-2/h21-22H,3-17H2,1-2H3. The molecule has 4 heteroatoms. The van der Waals surface area contributed by atoms with Gasteiger partial charge in [-0.25, -0.2) is 0 Å². The predicted molar refractivity (Wildman–Crippen MR) is 94.1 cm³/mol. The Labute approximate surface area is 142 Å². The van der Waals surface area contributed by atoms with Gasteiger partial charge in [-0.3, -0.25) is 4.79 Å². The van der Waals surface area contributed by atoms with Gasteiger partial charge in [0, 0.05) is 19.3 Å². The number of aliphatic hydroxyl groups is 2. The van der Waals surface area contributed by atoms with Crippen LogP contribution in [0.1, 0.15) is 103 Å². The summed E-state index contributed by atoms with van der Waals surface area (Å²) in [6.07, 6.45) is 14.5. The molecule has 0 unspecified atom stereocenters. The molecule has 0 aliphatic heterocycles. The van der Waals surface area contributed by atoms with Crippen LogP contribution in [0.15, 0.2) is 0 Å². The highest BCUT2D eigenvalue weighted by atomic mass is 16.5. The van der Waals surface area contributed by atoms with Crippen LogP contribution in [-0.4, -0.2) is 29.1 Å². The molecule has 0 aliphatic rings. The van der Waals surface area contributed by atoms with Crippen LogP contribution in [0.4, 0.5) is 0 Å². The Morgan fingerprint density at radius 1 is 0.783 bits per heavy atom. The molecule has 0 heterocycles. The Kier molecular flexibility index (Phi) is 14.6. The SMILES string of the molecule is CCCCCCCCC(O)(O)CCCCCCCCC(=O)OC. The molecule has 0 saturated heterocycles. The van der Waals surface area contributed by atoms with E-state index >= 15 is 0 Å². The van der Waals surface area contributed by atoms with Crippen molar-refractivity contribution >= 4 is 5.97 Å². The van der Waals surface area contributed by atoms with Crippen LogP contribution in [0, 0.1) is 0 Å². The summed E-state index contributed by atoms with van der Waals surface area (Å²) < 4.78 is 4.60. The van der Waals surface area contributed by atoms with Gasteiger partial charge in [-0.05, 0) is 19.3 Å². The lowest BCUT2D eigenvalue weighted by Gasteiger charge is -2.21. The molecule has 0 aromatic heterocycles. The van der Waals surface area contributed by atoms with Crippen LogP contribution in [-0.2, 0) is 9.53 Å². The molecule has 0 fully saturated rings. The number of methoxy groups -OCH3 is 1. The smallest absolute Gasteiger partial charge is 0.305 e. The lowest BCUT2D eigenvalue weighted by molar-refractivity contribution is -0.172. The second-order valence-electron chi connectivity index (χ2n) is 6.70. The molecule has 0 amide bonds. The van der Waals surface area contributed by atoms with Crippen LogP contribution in [0.2, 0.25) is 0 Å². The molecule has 2 N–H and O–H groups in total. The Hall–Kier alpha value is -0.610. The van der Waals surface area contributed by atoms with E-state index in [9.17, 15) is 15.0 Å². The maximum Gasteiger partial charge on any atom is 0.305 e. The molecule has 0 rings (SSSR count). The van der Waals surface area contributed by atoms with Crippen molar-refractivity contribution < 1.29 is 19.7 Å². The molecule has 0 aromatic rings. The van der Waals surface area contributed by atoms with Crippen molar-refractivity contribution in [3.63, 3.8) is 0 Å². The van der Waals surface area contributed by atoms with Crippen molar-refractivity contribution in [2.75, 3.05) is 7.11 Å². The van der Waals surface area contributed by atoms with Crippen molar-refractivity contribution in [3.8, 4) is 0 Å². The van der Waals surface area contributed by atoms with E-state index in [0.29, 0.717) is 19.3 Å². The molecule has 23 heavy (non-hydrogen) atoms. The molecule has 0 saturated carbocycles. The predicted octanol–water partition coefficient (Wildman–Crippen LogP) is 4.71. The zero-order chi connectivity index (χ0) is 17.4. The average molecular weight is 331 g/mol. The zero-order valence-corrected chi connectivity index (χ0v) is 15.3. The highest BCUT2D eigenvalue weighted by molar-refractivity contribution is 5.68. The summed E-state index contributed by atoms with van der Waals surface area (Å²) in [7, 11) is 1.42. The summed E-state index contributed by atoms with van der Waals surface area (Å²) in [6.45, 7) is 2.20. The van der Waals surface area contributed by atoms with Crippen LogP contribution < -0.4 is 0 Å². The number of rotatable bonds is 16. The monoisotopic (exact) mass is 330 g/mol. The van der Waals surface area contributed by atoms with Crippen molar-refractivity contribution in [1.82, 2.24) is 0 Å². The van der Waals surface area contributed by atoms with Gasteiger partial charge in [0.15, 0.2) is 5.79 Å². The minimum Gasteiger partial charge on any atom is -0.469 e. The second-order valence-corrected chi connectivity index (χ2v) is 6.70. The molecule has 0 bridgehead atoms. The largest absolute Gasteiger partial charge is 0.469 e. The second kappa shape index (κ2) is 14.9. The molecular formula is C19H38O4. The summed E-state index contributed by atoms with van der Waals surface area (Å²) in [5.74, 6) is -1.61. The van der Waals surface area contributed by atoms with Crippen LogP contribution in [0.5, 0.6) is 0 Å². The van der Waals surface area contributed by atoms with Crippen LogP contribution in [0.3, 0.4) is 0 Å². The molecule has 0 aliphatic carbocycles. The third kappa shape index (κ3) is 16.0. The van der Waals surface area contributed by atoms with Crippen molar-refractivity contribution in [2.45, 2.75) is 109 Å². The van der Waals surface area contributed by atoms with Gasteiger partial charge in [0.05, 0.1) is 7.11 Å². The minimum absolute atomic E-state index is 0.134. The number of unbranched alkanes of at least 4 members (excludes halogenated alkanes) is 10. The molecule has 0 atom stereocenters. The van der Waals surface area contributed by atoms with Crippen molar-refractivity contribution in [3.05, 3.63) is 0 Å². The first kappa shape index (κ1) is 22.4. The van der Waals surface area contributed by atoms with E-state index in [1.54, 1.807) is 0 Å². The Morgan fingerprint density at radius 3 is 1.70 bits per heavy atom. The maximum absolute atomic E-state index is 10.9. The fourth-order valence-corrected chi connectivity index (χ4v) is 2.80. The normalized spacial score (nSPS) is 11.7. The summed E-state index contributed by atoms with van der Waals surface area (Å²) >= 11 is 0. The first-order valence-corrected chi connectivity index (χ1v) is 9.53. The number of esters is 1. The van der Waals surface area contributed by atoms with E-state index < -0.39 is 5.79 Å². The first-order chi connectivity index (χ1) is 11.0. The molecule has 138 valence electrons. The first-order valence-electron chi connectivity index (χ1n) is 9.53. The minimum atomic E-state index is -1.48. The molecule has 0 aromatic carbocycles. The van der Waals surface area contributed by atoms with Crippen molar-refractivity contribution in [2.24, 2.45) is 0 Å². The van der Waals surface area contributed by atoms with Gasteiger partial charge in [0.2, 0.25) is 0 Å². The van der Waals surface area contributed by atoms with Gasteiger partial charge in [-0.2, -0.15) is 0 Å². The Balaban J connectivity index is 3.39. The summed E-state index contributed by atoms with van der Waals surface area (Å²) in [5, 5.41) is 19.9. The van der Waals surface area contributed by atoms with E-state index in [0.717, 1.165) is 51.4 Å². The summed E-state index contributed by atoms with van der Waals surface area (Å²) in [5.41, 5.74) is 0. The van der Waals surface area contributed by atoms with E-state index in [2.05, 4.69) is 11.7 Å². The lowest BCUT2D eigenvalue weighted by atomic mass is 9.99. The van der Waals surface area contributed by atoms with Gasteiger partial charge in [0.25, 0.3) is 0 Å². The molecule has 4 nitrogen and oxygen atoms in total. The fourth-order valence-electron chi connectivity index (χ4n) is 2.80. The van der Waals surface area contributed by atoms with Gasteiger partial charge in [0.1, 0.15) is 0 Å². The van der Waals surface area contributed by atoms with E-state index in [1.165, 1.54) is 32.8 Å². The maximum atomic E-state index is 10.9. The lowest BCUT2D eigenvalue weighted by Crippen LogP contribution is -2.27.